The van der Waals surface area contributed by atoms with Crippen LogP contribution >= 0.6 is 0 Å². The molecule has 0 radical (unpaired) electrons. The molecular weight excluding hydrogens is 326 g/mol. The Morgan fingerprint density at radius 3 is 2.42 bits per heavy atom. The lowest BCUT2D eigenvalue weighted by Crippen LogP contribution is -2.28. The van der Waals surface area contributed by atoms with Crippen LogP contribution < -0.4 is 9.47 Å². The van der Waals surface area contributed by atoms with E-state index in [-0.39, 0.29) is 5.75 Å². The molecule has 1 aliphatic rings. The molecule has 1 fully saturated rings. The molecule has 3 rings (SSSR count). The molecule has 0 aliphatic carbocycles. The van der Waals surface area contributed by atoms with Gasteiger partial charge in [-0.1, -0.05) is 42.7 Å². The third-order valence-electron chi connectivity index (χ3n) is 5.22. The molecular formula is C22H29NO3. The molecule has 1 aliphatic heterocycles. The molecule has 0 bridgehead atoms. The van der Waals surface area contributed by atoms with Gasteiger partial charge in [-0.15, -0.1) is 0 Å². The van der Waals surface area contributed by atoms with Gasteiger partial charge in [0.15, 0.2) is 11.5 Å². The van der Waals surface area contributed by atoms with Crippen molar-refractivity contribution in [3.05, 3.63) is 53.1 Å². The molecule has 26 heavy (non-hydrogen) atoms. The van der Waals surface area contributed by atoms with Gasteiger partial charge in [-0.25, -0.2) is 0 Å². The van der Waals surface area contributed by atoms with E-state index < -0.39 is 0 Å². The summed E-state index contributed by atoms with van der Waals surface area (Å²) in [5.74, 6) is 0.979. The molecule has 140 valence electrons. The largest absolute Gasteiger partial charge is 0.502 e. The van der Waals surface area contributed by atoms with Gasteiger partial charge in [0.05, 0.1) is 14.2 Å². The normalized spacial score (nSPS) is 18.3. The van der Waals surface area contributed by atoms with Gasteiger partial charge in [0.1, 0.15) is 0 Å². The van der Waals surface area contributed by atoms with E-state index in [0.29, 0.717) is 17.5 Å². The molecule has 4 nitrogen and oxygen atoms in total. The minimum Gasteiger partial charge on any atom is -0.502 e. The standard InChI is InChI=1S/C22H29NO3/c1-16-8-7-9-18(12-16)19-10-5-4-6-11-23(19)15-17-13-20(25-2)22(24)21(14-17)26-3/h7-9,12-14,19,24H,4-6,10-11,15H2,1-3H3. The van der Waals surface area contributed by atoms with E-state index >= 15 is 0 Å². The molecule has 1 unspecified atom stereocenters. The Kier molecular flexibility index (Phi) is 6.04. The van der Waals surface area contributed by atoms with Gasteiger partial charge in [0.2, 0.25) is 5.75 Å². The zero-order valence-electron chi connectivity index (χ0n) is 16.0. The van der Waals surface area contributed by atoms with E-state index in [9.17, 15) is 5.11 Å². The third-order valence-corrected chi connectivity index (χ3v) is 5.22. The molecule has 4 heteroatoms. The number of benzene rings is 2. The second-order valence-electron chi connectivity index (χ2n) is 7.10. The molecule has 0 spiro atoms. The highest BCUT2D eigenvalue weighted by Crippen LogP contribution is 2.39. The summed E-state index contributed by atoms with van der Waals surface area (Å²) in [7, 11) is 3.14. The first-order chi connectivity index (χ1) is 12.6. The van der Waals surface area contributed by atoms with Crippen molar-refractivity contribution in [3.63, 3.8) is 0 Å². The summed E-state index contributed by atoms with van der Waals surface area (Å²) in [6.45, 7) is 4.04. The Hall–Kier alpha value is -2.20. The van der Waals surface area contributed by atoms with Gasteiger partial charge in [-0.2, -0.15) is 0 Å². The zero-order chi connectivity index (χ0) is 18.5. The molecule has 1 saturated heterocycles. The monoisotopic (exact) mass is 355 g/mol. The van der Waals surface area contributed by atoms with E-state index in [4.69, 9.17) is 9.47 Å². The number of ether oxygens (including phenoxy) is 2. The summed E-state index contributed by atoms with van der Waals surface area (Å²) < 4.78 is 10.6. The maximum absolute atomic E-state index is 10.2. The van der Waals surface area contributed by atoms with Crippen LogP contribution in [0.5, 0.6) is 17.2 Å². The van der Waals surface area contributed by atoms with E-state index in [1.807, 2.05) is 12.1 Å². The van der Waals surface area contributed by atoms with Crippen molar-refractivity contribution in [2.24, 2.45) is 0 Å². The van der Waals surface area contributed by atoms with E-state index in [1.165, 1.54) is 36.8 Å². The zero-order valence-corrected chi connectivity index (χ0v) is 16.0. The number of phenolic OH excluding ortho intramolecular Hbond substituents is 1. The topological polar surface area (TPSA) is 41.9 Å². The summed E-state index contributed by atoms with van der Waals surface area (Å²) in [6, 6.07) is 13.1. The minimum absolute atomic E-state index is 0.0600. The fourth-order valence-corrected chi connectivity index (χ4v) is 3.89. The summed E-state index contributed by atoms with van der Waals surface area (Å²) in [5, 5.41) is 10.2. The number of aromatic hydroxyl groups is 1. The number of phenols is 1. The summed E-state index contributed by atoms with van der Waals surface area (Å²) >= 11 is 0. The second-order valence-corrected chi connectivity index (χ2v) is 7.10. The fraction of sp³-hybridized carbons (Fsp3) is 0.455. The van der Waals surface area contributed by atoms with Gasteiger partial charge >= 0.3 is 0 Å². The first kappa shape index (κ1) is 18.6. The van der Waals surface area contributed by atoms with Gasteiger partial charge in [0, 0.05) is 12.6 Å². The molecule has 0 saturated carbocycles. The predicted molar refractivity (Wildman–Crippen MR) is 104 cm³/mol. The quantitative estimate of drug-likeness (QED) is 0.834. The first-order valence-electron chi connectivity index (χ1n) is 9.37. The van der Waals surface area contributed by atoms with Gasteiger partial charge < -0.3 is 14.6 Å². The van der Waals surface area contributed by atoms with E-state index in [0.717, 1.165) is 18.7 Å². The van der Waals surface area contributed by atoms with Crippen molar-refractivity contribution < 1.29 is 14.6 Å². The lowest BCUT2D eigenvalue weighted by molar-refractivity contribution is 0.192. The molecule has 2 aromatic carbocycles. The van der Waals surface area contributed by atoms with Crippen molar-refractivity contribution >= 4 is 0 Å². The van der Waals surface area contributed by atoms with Crippen molar-refractivity contribution in [2.45, 2.75) is 45.2 Å². The van der Waals surface area contributed by atoms with Crippen molar-refractivity contribution in [3.8, 4) is 17.2 Å². The van der Waals surface area contributed by atoms with Crippen LogP contribution in [0.2, 0.25) is 0 Å². The highest BCUT2D eigenvalue weighted by atomic mass is 16.5. The van der Waals surface area contributed by atoms with Crippen LogP contribution in [-0.2, 0) is 6.54 Å². The van der Waals surface area contributed by atoms with E-state index in [1.54, 1.807) is 14.2 Å². The Labute approximate surface area is 156 Å². The number of hydrogen-bond donors (Lipinski definition) is 1. The number of hydrogen-bond acceptors (Lipinski definition) is 4. The fourth-order valence-electron chi connectivity index (χ4n) is 3.89. The van der Waals surface area contributed by atoms with Crippen molar-refractivity contribution in [2.75, 3.05) is 20.8 Å². The van der Waals surface area contributed by atoms with Gasteiger partial charge in [0.25, 0.3) is 0 Å². The van der Waals surface area contributed by atoms with Crippen molar-refractivity contribution in [1.29, 1.82) is 0 Å². The molecule has 1 atom stereocenters. The number of likely N-dealkylation sites (tertiary alicyclic amines) is 1. The lowest BCUT2D eigenvalue weighted by atomic mass is 9.98. The lowest BCUT2D eigenvalue weighted by Gasteiger charge is -2.31. The Bertz CT molecular complexity index is 719. The molecule has 0 amide bonds. The minimum atomic E-state index is 0.0600. The van der Waals surface area contributed by atoms with Crippen LogP contribution in [-0.4, -0.2) is 30.8 Å². The average Bonchev–Trinajstić information content (AvgIpc) is 2.88. The SMILES string of the molecule is COc1cc(CN2CCCCCC2c2cccc(C)c2)cc(OC)c1O. The van der Waals surface area contributed by atoms with Gasteiger partial charge in [-0.3, -0.25) is 4.90 Å². The Morgan fingerprint density at radius 2 is 1.77 bits per heavy atom. The number of rotatable bonds is 5. The molecule has 0 aromatic heterocycles. The Balaban J connectivity index is 1.90. The van der Waals surface area contributed by atoms with E-state index in [2.05, 4.69) is 36.1 Å². The van der Waals surface area contributed by atoms with Crippen LogP contribution in [0.3, 0.4) is 0 Å². The molecule has 2 aromatic rings. The van der Waals surface area contributed by atoms with Crippen LogP contribution in [0.15, 0.2) is 36.4 Å². The number of methoxy groups -OCH3 is 2. The smallest absolute Gasteiger partial charge is 0.200 e. The van der Waals surface area contributed by atoms with Gasteiger partial charge in [-0.05, 0) is 49.6 Å². The number of nitrogens with zero attached hydrogens (tertiary/aromatic N) is 1. The summed E-state index contributed by atoms with van der Waals surface area (Å²) in [6.07, 6.45) is 4.93. The van der Waals surface area contributed by atoms with Crippen LogP contribution in [0.25, 0.3) is 0 Å². The van der Waals surface area contributed by atoms with Crippen LogP contribution in [0.1, 0.15) is 48.4 Å². The average molecular weight is 355 g/mol. The highest BCUT2D eigenvalue weighted by molar-refractivity contribution is 5.52. The first-order valence-corrected chi connectivity index (χ1v) is 9.37. The van der Waals surface area contributed by atoms with Crippen LogP contribution in [0.4, 0.5) is 0 Å². The summed E-state index contributed by atoms with van der Waals surface area (Å²) in [4.78, 5) is 2.55. The summed E-state index contributed by atoms with van der Waals surface area (Å²) in [5.41, 5.74) is 3.79. The number of aryl methyl sites for hydroxylation is 1. The maximum atomic E-state index is 10.2. The second kappa shape index (κ2) is 8.45. The maximum Gasteiger partial charge on any atom is 0.200 e. The third kappa shape index (κ3) is 4.13. The van der Waals surface area contributed by atoms with Crippen molar-refractivity contribution in [1.82, 2.24) is 4.90 Å². The molecule has 1 N–H and O–H groups in total. The molecule has 1 heterocycles. The Morgan fingerprint density at radius 1 is 1.04 bits per heavy atom. The predicted octanol–water partition coefficient (Wildman–Crippen LogP) is 4.84. The van der Waals surface area contributed by atoms with Crippen LogP contribution in [0, 0.1) is 6.92 Å². The highest BCUT2D eigenvalue weighted by Gasteiger charge is 2.23.